The molecule has 0 saturated carbocycles. The van der Waals surface area contributed by atoms with Crippen LogP contribution in [-0.4, -0.2) is 290 Å². The Morgan fingerprint density at radius 2 is 1.18 bits per heavy atom. The number of nitrogens with two attached hydrogens (primary N) is 1. The second kappa shape index (κ2) is 45.1. The van der Waals surface area contributed by atoms with E-state index < -0.39 is 108 Å². The van der Waals surface area contributed by atoms with E-state index in [-0.39, 0.29) is 141 Å². The van der Waals surface area contributed by atoms with Gasteiger partial charge in [0.15, 0.2) is 0 Å². The number of ketones is 1. The zero-order valence-electron chi connectivity index (χ0n) is 58.1. The van der Waals surface area contributed by atoms with Gasteiger partial charge in [-0.3, -0.25) is 77.2 Å². The van der Waals surface area contributed by atoms with Crippen LogP contribution in [0.5, 0.6) is 0 Å². The summed E-state index contributed by atoms with van der Waals surface area (Å²) in [6, 6.07) is 6.59. The number of unbranched alkanes of at least 4 members (excludes halogenated alkanes) is 2. The Morgan fingerprint density at radius 1 is 0.624 bits per heavy atom. The molecule has 6 rings (SSSR count). The minimum Gasteiger partial charge on any atom is -0.480 e. The van der Waals surface area contributed by atoms with E-state index in [9.17, 15) is 83.1 Å². The van der Waals surface area contributed by atoms with Gasteiger partial charge in [0.1, 0.15) is 36.0 Å². The molecule has 3 saturated heterocycles. The summed E-state index contributed by atoms with van der Waals surface area (Å²) in [7, 11) is 0. The molecule has 556 valence electrons. The Balaban J connectivity index is 0.0000184. The minimum atomic E-state index is -1.65. The summed E-state index contributed by atoms with van der Waals surface area (Å²) in [5.74, 6) is -7.00. The van der Waals surface area contributed by atoms with E-state index in [2.05, 4.69) is 44.5 Å². The van der Waals surface area contributed by atoms with E-state index in [4.69, 9.17) is 5.73 Å². The van der Waals surface area contributed by atoms with Crippen molar-refractivity contribution in [2.45, 2.75) is 163 Å². The van der Waals surface area contributed by atoms with Crippen LogP contribution in [0.1, 0.15) is 113 Å². The van der Waals surface area contributed by atoms with Crippen molar-refractivity contribution in [1.29, 1.82) is 0 Å². The third-order valence-electron chi connectivity index (χ3n) is 17.9. The Labute approximate surface area is 616 Å². The van der Waals surface area contributed by atoms with Gasteiger partial charge in [0.25, 0.3) is 0 Å². The molecule has 33 heteroatoms. The van der Waals surface area contributed by atoms with Crippen molar-refractivity contribution in [2.75, 3.05) is 115 Å². The fraction of sp³-hybridized carbons (Fsp3) is 0.647. The SMILES string of the molecule is CCCCCC(=O)N[C@H]1CSCc2cc(CSCCCC(=O)CN3CCN(CC(=O)O)CCN(CC(=O)O)CCN(CC(=O)O)CC3)cc(c2)CSC[C@@H](C(=O)O)NC(=O)[C@H](Cc2ccccc2)NC(=O)[C@H](CCC(N)=O)NC(=O)[C@H]([C@@H](C)O)NC(=O)[C@@H]2CCCN2C(=O)[C@@H]2CCCN2C1.[Zn]. The number of hydrogen-bond donors (Lipinski definition) is 11. The van der Waals surface area contributed by atoms with Crippen LogP contribution in [0.2, 0.25) is 0 Å². The number of carboxylic acid groups (broad SMARTS) is 4. The van der Waals surface area contributed by atoms with Crippen molar-refractivity contribution in [3.63, 3.8) is 0 Å². The van der Waals surface area contributed by atoms with Crippen molar-refractivity contribution in [3.8, 4) is 0 Å². The number of amides is 7. The van der Waals surface area contributed by atoms with Gasteiger partial charge in [0, 0.05) is 139 Å². The van der Waals surface area contributed by atoms with Gasteiger partial charge in [-0.05, 0) is 86.4 Å². The number of rotatable bonds is 26. The first-order chi connectivity index (χ1) is 47.8. The molecule has 0 spiro atoms. The molecule has 12 N–H and O–H groups in total. The molecule has 3 fully saturated rings. The first-order valence-electron chi connectivity index (χ1n) is 34.5. The van der Waals surface area contributed by atoms with Crippen molar-refractivity contribution < 1.29 is 103 Å². The number of nitrogens with one attached hydrogen (secondary N) is 5. The zero-order valence-corrected chi connectivity index (χ0v) is 63.5. The smallest absolute Gasteiger partial charge is 0.327 e. The molecule has 2 aromatic rings. The van der Waals surface area contributed by atoms with Crippen LogP contribution in [0.4, 0.5) is 0 Å². The van der Waals surface area contributed by atoms with Gasteiger partial charge in [-0.25, -0.2) is 4.79 Å². The van der Waals surface area contributed by atoms with Crippen LogP contribution in [0, 0.1) is 0 Å². The summed E-state index contributed by atoms with van der Waals surface area (Å²) >= 11 is 4.48. The Kier molecular flexibility index (Phi) is 38.1. The van der Waals surface area contributed by atoms with Gasteiger partial charge in [-0.2, -0.15) is 35.3 Å². The van der Waals surface area contributed by atoms with Crippen LogP contribution < -0.4 is 32.3 Å². The number of primary amides is 1. The van der Waals surface area contributed by atoms with E-state index in [0.29, 0.717) is 99.0 Å². The first-order valence-corrected chi connectivity index (χ1v) is 38.0. The number of Topliss-reactive ketones (excluding diaryl/α,β-unsaturated/α-hetero) is 1. The summed E-state index contributed by atoms with van der Waals surface area (Å²) in [5, 5.41) is 64.1. The number of carbonyl (C=O) groups is 12. The van der Waals surface area contributed by atoms with Crippen molar-refractivity contribution in [1.82, 2.24) is 56.0 Å². The van der Waals surface area contributed by atoms with Crippen LogP contribution in [-0.2, 0) is 101 Å². The number of aliphatic hydroxyl groups is 1. The molecular weight excluding hydrogens is 1420 g/mol. The molecule has 2 bridgehead atoms. The molecule has 2 aromatic carbocycles. The molecule has 0 radical (unpaired) electrons. The monoisotopic (exact) mass is 1520 g/mol. The predicted molar refractivity (Wildman–Crippen MR) is 379 cm³/mol. The molecule has 7 amide bonds. The normalized spacial score (nSPS) is 23.5. The van der Waals surface area contributed by atoms with Gasteiger partial charge in [-0.1, -0.05) is 68.3 Å². The third-order valence-corrected chi connectivity index (χ3v) is 21.3. The largest absolute Gasteiger partial charge is 0.480 e. The minimum absolute atomic E-state index is 0. The summed E-state index contributed by atoms with van der Waals surface area (Å²) in [5.41, 5.74) is 8.86. The maximum Gasteiger partial charge on any atom is 0.327 e. The topological polar surface area (TPSA) is 412 Å². The fourth-order valence-electron chi connectivity index (χ4n) is 12.7. The van der Waals surface area contributed by atoms with E-state index >= 15 is 0 Å². The van der Waals surface area contributed by atoms with Crippen LogP contribution >= 0.6 is 35.3 Å². The summed E-state index contributed by atoms with van der Waals surface area (Å²) in [6.45, 7) is 5.85. The Morgan fingerprint density at radius 3 is 1.74 bits per heavy atom. The summed E-state index contributed by atoms with van der Waals surface area (Å²) < 4.78 is 0. The molecule has 4 heterocycles. The van der Waals surface area contributed by atoms with Crippen LogP contribution in [0.25, 0.3) is 0 Å². The number of fused-ring (bicyclic) bond motifs is 4. The summed E-state index contributed by atoms with van der Waals surface area (Å²) in [6.07, 6.45) is 3.07. The van der Waals surface area contributed by atoms with Gasteiger partial charge >= 0.3 is 23.9 Å². The number of benzene rings is 2. The quantitative estimate of drug-likeness (QED) is 0.0455. The number of nitrogens with zero attached hydrogens (tertiary/aromatic N) is 6. The molecule has 0 aromatic heterocycles. The zero-order chi connectivity index (χ0) is 72.7. The average molecular weight is 1520 g/mol. The Hall–Kier alpha value is -6.29. The maximum atomic E-state index is 14.7. The average Bonchev–Trinajstić information content (AvgIpc) is 1.67. The second-order valence-electron chi connectivity index (χ2n) is 26.2. The van der Waals surface area contributed by atoms with Gasteiger partial charge in [0.2, 0.25) is 41.4 Å². The molecule has 0 unspecified atom stereocenters. The van der Waals surface area contributed by atoms with Crippen LogP contribution in [0.15, 0.2) is 48.5 Å². The van der Waals surface area contributed by atoms with Crippen molar-refractivity contribution >= 4 is 106 Å². The van der Waals surface area contributed by atoms with Crippen molar-refractivity contribution in [3.05, 3.63) is 70.8 Å². The standard InChI is InChI=1S/C68H102N12O17S3.Zn/c1-3-4-6-17-58(84)70-50-35-79-20-9-16-56(79)67(95)80-21-10-15-55(80)65(93)74-62(45(2)81)66(94)71-52(18-19-57(69)83)63(91)72-53(34-46-12-7-5-8-13-46)64(92)73-54(68(96)97)44-100-42-49-32-47(31-48(33-49)41-99-43-50)40-98-30-11-14-51(82)36-75-22-24-76(37-59(85)86)26-28-78(39-61(89)90)29-27-77(25-23-75)38-60(87)88;/h5,7-8,12-13,31-33,45,50,52-56,62,81H,3-4,6,9-11,14-30,34-44H2,1-2H3,(H2,69,83)(H,70,84)(H,71,94)(H,72,91)(H,73,92)(H,74,93)(H,85,86)(H,87,88)(H,89,90)(H,96,97);/t45-,50-,52+,53+,54+,55+,56+,62+;/m1./s1. The number of aliphatic carboxylic acids is 4. The number of aliphatic hydroxyl groups excluding tert-OH is 1. The first kappa shape index (κ1) is 85.4. The van der Waals surface area contributed by atoms with Crippen molar-refractivity contribution in [2.24, 2.45) is 5.73 Å². The van der Waals surface area contributed by atoms with E-state index in [0.717, 1.165) is 29.5 Å². The second-order valence-corrected chi connectivity index (χ2v) is 29.3. The fourth-order valence-corrected chi connectivity index (χ4v) is 15.6. The number of hydrogen-bond acceptors (Lipinski definition) is 21. The molecule has 8 atom stereocenters. The number of carbonyl (C=O) groups excluding carboxylic acids is 8. The number of carboxylic acids is 4. The maximum absolute atomic E-state index is 14.7. The Bertz CT molecular complexity index is 3060. The molecule has 29 nitrogen and oxygen atoms in total. The van der Waals surface area contributed by atoms with Gasteiger partial charge in [-0.15, -0.1) is 0 Å². The molecule has 4 aliphatic rings. The molecule has 4 aliphatic heterocycles. The summed E-state index contributed by atoms with van der Waals surface area (Å²) in [4.78, 5) is 170. The molecular formula is C68H102N12O17S3Zn. The van der Waals surface area contributed by atoms with Gasteiger partial charge < -0.3 is 62.8 Å². The number of thioether (sulfide) groups is 3. The van der Waals surface area contributed by atoms with E-state index in [1.807, 2.05) is 17.0 Å². The van der Waals surface area contributed by atoms with E-state index in [1.54, 1.807) is 68.6 Å². The third kappa shape index (κ3) is 30.9. The molecule has 101 heavy (non-hydrogen) atoms. The van der Waals surface area contributed by atoms with Crippen LogP contribution in [0.3, 0.4) is 0 Å². The predicted octanol–water partition coefficient (Wildman–Crippen LogP) is 0.655. The van der Waals surface area contributed by atoms with Gasteiger partial charge in [0.05, 0.1) is 44.4 Å². The molecule has 0 aliphatic carbocycles. The van der Waals surface area contributed by atoms with E-state index in [1.165, 1.54) is 23.6 Å².